The molecule has 0 bridgehead atoms. The number of esters is 1. The molecule has 0 saturated carbocycles. The Morgan fingerprint density at radius 3 is 2.75 bits per heavy atom. The predicted octanol–water partition coefficient (Wildman–Crippen LogP) is 3.92. The maximum atomic E-state index is 13.6. The zero-order valence-corrected chi connectivity index (χ0v) is 13.6. The number of fused-ring (bicyclic) bond motifs is 1. The van der Waals surface area contributed by atoms with Crippen LogP contribution in [0, 0.1) is 19.7 Å². The molecule has 5 nitrogen and oxygen atoms in total. The van der Waals surface area contributed by atoms with Gasteiger partial charge in [0.2, 0.25) is 0 Å². The van der Waals surface area contributed by atoms with Crippen molar-refractivity contribution in [1.29, 1.82) is 0 Å². The highest BCUT2D eigenvalue weighted by atomic mass is 19.1. The molecule has 0 radical (unpaired) electrons. The quantitative estimate of drug-likeness (QED) is 0.740. The fraction of sp³-hybridized carbons (Fsp3) is 0.167. The molecule has 0 aliphatic rings. The van der Waals surface area contributed by atoms with Gasteiger partial charge in [-0.3, -0.25) is 0 Å². The summed E-state index contributed by atoms with van der Waals surface area (Å²) in [6, 6.07) is 8.09. The van der Waals surface area contributed by atoms with E-state index < -0.39 is 5.97 Å². The van der Waals surface area contributed by atoms with Crippen LogP contribution in [-0.4, -0.2) is 23.0 Å². The largest absolute Gasteiger partial charge is 0.465 e. The Balaban J connectivity index is 2.22. The van der Waals surface area contributed by atoms with Gasteiger partial charge in [0, 0.05) is 23.0 Å². The molecule has 2 aromatic heterocycles. The number of aromatic nitrogens is 2. The molecule has 122 valence electrons. The highest BCUT2D eigenvalue weighted by molar-refractivity contribution is 6.05. The molecule has 0 amide bonds. The molecule has 1 N–H and O–H groups in total. The predicted molar refractivity (Wildman–Crippen MR) is 90.0 cm³/mol. The van der Waals surface area contributed by atoms with Gasteiger partial charge in [0.25, 0.3) is 0 Å². The van der Waals surface area contributed by atoms with Crippen molar-refractivity contribution < 1.29 is 13.9 Å². The average molecular weight is 325 g/mol. The van der Waals surface area contributed by atoms with Gasteiger partial charge in [-0.1, -0.05) is 6.07 Å². The van der Waals surface area contributed by atoms with E-state index in [-0.39, 0.29) is 11.4 Å². The first kappa shape index (κ1) is 15.9. The monoisotopic (exact) mass is 325 g/mol. The minimum Gasteiger partial charge on any atom is -0.465 e. The Hall–Kier alpha value is -3.02. The van der Waals surface area contributed by atoms with Crippen LogP contribution < -0.4 is 5.32 Å². The molecule has 0 spiro atoms. The van der Waals surface area contributed by atoms with Crippen LogP contribution in [0.2, 0.25) is 0 Å². The van der Waals surface area contributed by atoms with Crippen molar-refractivity contribution >= 4 is 28.4 Å². The van der Waals surface area contributed by atoms with Gasteiger partial charge >= 0.3 is 5.97 Å². The van der Waals surface area contributed by atoms with Crippen molar-refractivity contribution in [1.82, 2.24) is 9.97 Å². The van der Waals surface area contributed by atoms with Crippen LogP contribution in [0.25, 0.3) is 11.0 Å². The first-order chi connectivity index (χ1) is 11.5. The van der Waals surface area contributed by atoms with Crippen molar-refractivity contribution in [2.45, 2.75) is 13.8 Å². The summed E-state index contributed by atoms with van der Waals surface area (Å²) in [6.07, 6.45) is 1.41. The lowest BCUT2D eigenvalue weighted by atomic mass is 10.1. The number of hydrogen-bond acceptors (Lipinski definition) is 5. The molecule has 0 aliphatic heterocycles. The second-order valence-electron chi connectivity index (χ2n) is 5.45. The van der Waals surface area contributed by atoms with Gasteiger partial charge in [-0.15, -0.1) is 0 Å². The summed E-state index contributed by atoms with van der Waals surface area (Å²) in [5.41, 5.74) is 3.48. The topological polar surface area (TPSA) is 64.1 Å². The summed E-state index contributed by atoms with van der Waals surface area (Å²) in [5.74, 6) is -0.892. The number of ether oxygens (including phenoxy) is 1. The van der Waals surface area contributed by atoms with Crippen molar-refractivity contribution in [3.63, 3.8) is 0 Å². The molecule has 24 heavy (non-hydrogen) atoms. The van der Waals surface area contributed by atoms with Gasteiger partial charge in [-0.2, -0.15) is 0 Å². The molecule has 3 rings (SSSR count). The Labute approximate surface area is 138 Å². The summed E-state index contributed by atoms with van der Waals surface area (Å²) in [4.78, 5) is 20.7. The lowest BCUT2D eigenvalue weighted by molar-refractivity contribution is 0.0601. The zero-order chi connectivity index (χ0) is 17.3. The van der Waals surface area contributed by atoms with Crippen molar-refractivity contribution in [3.05, 3.63) is 59.2 Å². The Morgan fingerprint density at radius 2 is 2.00 bits per heavy atom. The Bertz CT molecular complexity index is 941. The number of hydrogen-bond donors (Lipinski definition) is 1. The van der Waals surface area contributed by atoms with Gasteiger partial charge < -0.3 is 10.1 Å². The normalized spacial score (nSPS) is 10.7. The van der Waals surface area contributed by atoms with E-state index in [1.54, 1.807) is 6.07 Å². The standard InChI is InChI=1S/C18H16FN3O2/c1-10-4-6-12(19)8-15(10)22-16-13-7-5-11(2)21-17(13)20-9-14(16)18(23)24-3/h4-9H,1-3H3,(H,20,21,22). The second kappa shape index (κ2) is 6.23. The number of rotatable bonds is 3. The minimum absolute atomic E-state index is 0.263. The minimum atomic E-state index is -0.526. The Morgan fingerprint density at radius 1 is 1.21 bits per heavy atom. The smallest absolute Gasteiger partial charge is 0.341 e. The average Bonchev–Trinajstić information content (AvgIpc) is 2.57. The maximum Gasteiger partial charge on any atom is 0.341 e. The van der Waals surface area contributed by atoms with Crippen LogP contribution in [0.4, 0.5) is 15.8 Å². The highest BCUT2D eigenvalue weighted by Crippen LogP contribution is 2.30. The molecule has 0 unspecified atom stereocenters. The van der Waals surface area contributed by atoms with E-state index in [0.29, 0.717) is 22.4 Å². The molecule has 0 saturated heterocycles. The van der Waals surface area contributed by atoms with Crippen LogP contribution in [0.1, 0.15) is 21.6 Å². The van der Waals surface area contributed by atoms with Gasteiger partial charge in [-0.25, -0.2) is 19.2 Å². The summed E-state index contributed by atoms with van der Waals surface area (Å²) in [5, 5.41) is 3.80. The molecule has 0 fully saturated rings. The number of nitrogens with zero attached hydrogens (tertiary/aromatic N) is 2. The van der Waals surface area contributed by atoms with E-state index in [2.05, 4.69) is 15.3 Å². The first-order valence-corrected chi connectivity index (χ1v) is 7.37. The number of nitrogens with one attached hydrogen (secondary N) is 1. The van der Waals surface area contributed by atoms with Crippen LogP contribution in [0.5, 0.6) is 0 Å². The number of halogens is 1. The van der Waals surface area contributed by atoms with Crippen LogP contribution >= 0.6 is 0 Å². The van der Waals surface area contributed by atoms with E-state index in [4.69, 9.17) is 4.74 Å². The van der Waals surface area contributed by atoms with Gasteiger partial charge in [0.05, 0.1) is 12.8 Å². The van der Waals surface area contributed by atoms with E-state index in [9.17, 15) is 9.18 Å². The summed E-state index contributed by atoms with van der Waals surface area (Å²) >= 11 is 0. The van der Waals surface area contributed by atoms with Crippen LogP contribution in [0.15, 0.2) is 36.5 Å². The molecule has 2 heterocycles. The lowest BCUT2D eigenvalue weighted by Gasteiger charge is -2.15. The summed E-state index contributed by atoms with van der Waals surface area (Å²) in [7, 11) is 1.30. The molecule has 1 aromatic carbocycles. The number of anilines is 2. The second-order valence-corrected chi connectivity index (χ2v) is 5.45. The SMILES string of the molecule is COC(=O)c1cnc2nc(C)ccc2c1Nc1cc(F)ccc1C. The number of benzene rings is 1. The van der Waals surface area contributed by atoms with Gasteiger partial charge in [-0.05, 0) is 43.7 Å². The maximum absolute atomic E-state index is 13.6. The van der Waals surface area contributed by atoms with Crippen LogP contribution in [-0.2, 0) is 4.74 Å². The van der Waals surface area contributed by atoms with Crippen molar-refractivity contribution in [2.75, 3.05) is 12.4 Å². The molecular weight excluding hydrogens is 309 g/mol. The van der Waals surface area contributed by atoms with Gasteiger partial charge in [0.15, 0.2) is 5.65 Å². The number of carbonyl (C=O) groups is 1. The lowest BCUT2D eigenvalue weighted by Crippen LogP contribution is -2.08. The highest BCUT2D eigenvalue weighted by Gasteiger charge is 2.17. The number of pyridine rings is 2. The van der Waals surface area contributed by atoms with Crippen molar-refractivity contribution in [3.8, 4) is 0 Å². The molecule has 0 aliphatic carbocycles. The Kier molecular flexibility index (Phi) is 4.12. The molecule has 6 heteroatoms. The number of aryl methyl sites for hydroxylation is 2. The third kappa shape index (κ3) is 2.90. The summed E-state index contributed by atoms with van der Waals surface area (Å²) < 4.78 is 18.4. The van der Waals surface area contributed by atoms with E-state index in [1.165, 1.54) is 25.4 Å². The first-order valence-electron chi connectivity index (χ1n) is 7.37. The van der Waals surface area contributed by atoms with Crippen molar-refractivity contribution in [2.24, 2.45) is 0 Å². The fourth-order valence-corrected chi connectivity index (χ4v) is 2.43. The van der Waals surface area contributed by atoms with E-state index >= 15 is 0 Å². The summed E-state index contributed by atoms with van der Waals surface area (Å²) in [6.45, 7) is 3.71. The fourth-order valence-electron chi connectivity index (χ4n) is 2.43. The van der Waals surface area contributed by atoms with E-state index in [0.717, 1.165) is 11.3 Å². The molecule has 3 aromatic rings. The molecule has 0 atom stereocenters. The van der Waals surface area contributed by atoms with Crippen LogP contribution in [0.3, 0.4) is 0 Å². The third-order valence-electron chi connectivity index (χ3n) is 3.73. The van der Waals surface area contributed by atoms with E-state index in [1.807, 2.05) is 26.0 Å². The van der Waals surface area contributed by atoms with Gasteiger partial charge in [0.1, 0.15) is 11.4 Å². The number of carbonyl (C=O) groups excluding carboxylic acids is 1. The number of methoxy groups -OCH3 is 1. The molecular formula is C18H16FN3O2. The zero-order valence-electron chi connectivity index (χ0n) is 13.6. The third-order valence-corrected chi connectivity index (χ3v) is 3.73.